The first-order valence-corrected chi connectivity index (χ1v) is 6.64. The number of nitrogens with zero attached hydrogens (tertiary/aromatic N) is 1. The molecule has 1 aromatic heterocycles. The van der Waals surface area contributed by atoms with Crippen LogP contribution in [-0.4, -0.2) is 17.5 Å². The average Bonchev–Trinajstić information content (AvgIpc) is 2.54. The van der Waals surface area contributed by atoms with Gasteiger partial charge in [-0.3, -0.25) is 9.78 Å². The summed E-state index contributed by atoms with van der Waals surface area (Å²) in [6.07, 6.45) is 1.75. The van der Waals surface area contributed by atoms with Gasteiger partial charge in [0.15, 0.2) is 6.61 Å². The number of anilines is 1. The van der Waals surface area contributed by atoms with Crippen molar-refractivity contribution in [1.29, 1.82) is 0 Å². The van der Waals surface area contributed by atoms with Crippen molar-refractivity contribution in [3.05, 3.63) is 66.9 Å². The molecule has 0 aliphatic heterocycles. The number of para-hydroxylation sites is 1. The highest BCUT2D eigenvalue weighted by molar-refractivity contribution is 5.91. The number of fused-ring (bicyclic) bond motifs is 1. The smallest absolute Gasteiger partial charge is 0.262 e. The highest BCUT2D eigenvalue weighted by Crippen LogP contribution is 2.18. The van der Waals surface area contributed by atoms with Crippen molar-refractivity contribution in [1.82, 2.24) is 4.98 Å². The van der Waals surface area contributed by atoms with Crippen molar-refractivity contribution >= 4 is 22.5 Å². The first-order valence-electron chi connectivity index (χ1n) is 6.64. The van der Waals surface area contributed by atoms with Crippen molar-refractivity contribution in [3.63, 3.8) is 0 Å². The monoisotopic (exact) mass is 278 g/mol. The first-order chi connectivity index (χ1) is 10.3. The summed E-state index contributed by atoms with van der Waals surface area (Å²) < 4.78 is 5.51. The predicted molar refractivity (Wildman–Crippen MR) is 82.3 cm³/mol. The Morgan fingerprint density at radius 1 is 1.05 bits per heavy atom. The van der Waals surface area contributed by atoms with Crippen LogP contribution in [0.2, 0.25) is 0 Å². The van der Waals surface area contributed by atoms with E-state index in [0.717, 1.165) is 16.6 Å². The van der Waals surface area contributed by atoms with E-state index in [4.69, 9.17) is 4.74 Å². The molecule has 0 aliphatic rings. The summed E-state index contributed by atoms with van der Waals surface area (Å²) >= 11 is 0. The third kappa shape index (κ3) is 3.36. The van der Waals surface area contributed by atoms with Crippen molar-refractivity contribution in [3.8, 4) is 5.75 Å². The summed E-state index contributed by atoms with van der Waals surface area (Å²) in [5, 5.41) is 3.76. The highest BCUT2D eigenvalue weighted by atomic mass is 16.5. The number of benzene rings is 2. The van der Waals surface area contributed by atoms with Gasteiger partial charge in [0, 0.05) is 17.3 Å². The topological polar surface area (TPSA) is 51.2 Å². The molecule has 2 aromatic carbocycles. The fraction of sp³-hybridized carbons (Fsp3) is 0.0588. The molecule has 1 amide bonds. The van der Waals surface area contributed by atoms with Gasteiger partial charge in [0.25, 0.3) is 5.91 Å². The molecule has 0 saturated carbocycles. The summed E-state index contributed by atoms with van der Waals surface area (Å²) in [6, 6.07) is 18.7. The van der Waals surface area contributed by atoms with Crippen LogP contribution in [0.1, 0.15) is 0 Å². The van der Waals surface area contributed by atoms with Gasteiger partial charge in [0.2, 0.25) is 0 Å². The second-order valence-corrected chi connectivity index (χ2v) is 4.56. The molecule has 0 spiro atoms. The summed E-state index contributed by atoms with van der Waals surface area (Å²) in [6.45, 7) is -0.0271. The molecule has 3 aromatic rings. The highest BCUT2D eigenvalue weighted by Gasteiger charge is 2.04. The molecule has 21 heavy (non-hydrogen) atoms. The van der Waals surface area contributed by atoms with Gasteiger partial charge in [-0.05, 0) is 36.4 Å². The Hall–Kier alpha value is -2.88. The van der Waals surface area contributed by atoms with E-state index >= 15 is 0 Å². The summed E-state index contributed by atoms with van der Waals surface area (Å²) in [7, 11) is 0. The van der Waals surface area contributed by atoms with Crippen LogP contribution in [0.5, 0.6) is 5.75 Å². The second kappa shape index (κ2) is 6.05. The van der Waals surface area contributed by atoms with E-state index in [1.54, 1.807) is 6.20 Å². The van der Waals surface area contributed by atoms with Gasteiger partial charge >= 0.3 is 0 Å². The number of rotatable bonds is 4. The second-order valence-electron chi connectivity index (χ2n) is 4.56. The zero-order chi connectivity index (χ0) is 14.5. The molecule has 4 heteroatoms. The lowest BCUT2D eigenvalue weighted by atomic mass is 10.2. The van der Waals surface area contributed by atoms with E-state index in [-0.39, 0.29) is 12.5 Å². The number of hydrogen-bond acceptors (Lipinski definition) is 3. The van der Waals surface area contributed by atoms with Crippen LogP contribution in [0.25, 0.3) is 10.9 Å². The average molecular weight is 278 g/mol. The molecule has 1 N–H and O–H groups in total. The number of nitrogens with one attached hydrogen (secondary N) is 1. The zero-order valence-electron chi connectivity index (χ0n) is 11.3. The molecule has 0 atom stereocenters. The lowest BCUT2D eigenvalue weighted by Crippen LogP contribution is -2.20. The minimum Gasteiger partial charge on any atom is -0.484 e. The SMILES string of the molecule is O=C(COc1ccc2ncccc2c1)Nc1ccccc1. The molecule has 0 radical (unpaired) electrons. The minimum atomic E-state index is -0.188. The van der Waals surface area contributed by atoms with E-state index < -0.39 is 0 Å². The molecule has 104 valence electrons. The number of carbonyl (C=O) groups excluding carboxylic acids is 1. The lowest BCUT2D eigenvalue weighted by molar-refractivity contribution is -0.118. The molecular weight excluding hydrogens is 264 g/mol. The Morgan fingerprint density at radius 3 is 2.76 bits per heavy atom. The van der Waals surface area contributed by atoms with Crippen LogP contribution in [0, 0.1) is 0 Å². The number of amides is 1. The maximum atomic E-state index is 11.8. The van der Waals surface area contributed by atoms with E-state index in [1.165, 1.54) is 0 Å². The molecular formula is C17H14N2O2. The Morgan fingerprint density at radius 2 is 1.90 bits per heavy atom. The number of carbonyl (C=O) groups is 1. The lowest BCUT2D eigenvalue weighted by Gasteiger charge is -2.08. The Balaban J connectivity index is 1.62. The van der Waals surface area contributed by atoms with Crippen LogP contribution < -0.4 is 10.1 Å². The Labute approximate surface area is 122 Å². The molecule has 0 unspecified atom stereocenters. The third-order valence-corrected chi connectivity index (χ3v) is 3.00. The van der Waals surface area contributed by atoms with Gasteiger partial charge in [0.1, 0.15) is 5.75 Å². The number of pyridine rings is 1. The summed E-state index contributed by atoms with van der Waals surface area (Å²) in [5.41, 5.74) is 1.66. The standard InChI is InChI=1S/C17H14N2O2/c20-17(19-14-6-2-1-3-7-14)12-21-15-8-9-16-13(11-15)5-4-10-18-16/h1-11H,12H2,(H,19,20). The summed E-state index contributed by atoms with van der Waals surface area (Å²) in [5.74, 6) is 0.464. The van der Waals surface area contributed by atoms with Crippen LogP contribution in [0.4, 0.5) is 5.69 Å². The van der Waals surface area contributed by atoms with Gasteiger partial charge in [0.05, 0.1) is 5.52 Å². The van der Waals surface area contributed by atoms with Crippen LogP contribution in [-0.2, 0) is 4.79 Å². The molecule has 1 heterocycles. The zero-order valence-corrected chi connectivity index (χ0v) is 11.3. The maximum absolute atomic E-state index is 11.8. The number of aromatic nitrogens is 1. The fourth-order valence-electron chi connectivity index (χ4n) is 2.01. The van der Waals surface area contributed by atoms with Crippen LogP contribution >= 0.6 is 0 Å². The van der Waals surface area contributed by atoms with Crippen LogP contribution in [0.3, 0.4) is 0 Å². The molecule has 0 fully saturated rings. The molecule has 0 aliphatic carbocycles. The Kier molecular flexibility index (Phi) is 3.78. The molecule has 4 nitrogen and oxygen atoms in total. The van der Waals surface area contributed by atoms with Crippen molar-refractivity contribution < 1.29 is 9.53 Å². The van der Waals surface area contributed by atoms with Crippen molar-refractivity contribution in [2.24, 2.45) is 0 Å². The van der Waals surface area contributed by atoms with E-state index in [2.05, 4.69) is 10.3 Å². The van der Waals surface area contributed by atoms with Gasteiger partial charge in [-0.15, -0.1) is 0 Å². The third-order valence-electron chi connectivity index (χ3n) is 3.00. The normalized spacial score (nSPS) is 10.3. The molecule has 0 bridgehead atoms. The minimum absolute atomic E-state index is 0.0271. The quantitative estimate of drug-likeness (QED) is 0.797. The number of ether oxygens (including phenoxy) is 1. The fourth-order valence-corrected chi connectivity index (χ4v) is 2.01. The number of hydrogen-bond donors (Lipinski definition) is 1. The predicted octanol–water partition coefficient (Wildman–Crippen LogP) is 3.25. The van der Waals surface area contributed by atoms with Crippen LogP contribution in [0.15, 0.2) is 66.9 Å². The summed E-state index contributed by atoms with van der Waals surface area (Å²) in [4.78, 5) is 16.0. The van der Waals surface area contributed by atoms with Gasteiger partial charge in [-0.1, -0.05) is 24.3 Å². The van der Waals surface area contributed by atoms with Crippen molar-refractivity contribution in [2.45, 2.75) is 0 Å². The largest absolute Gasteiger partial charge is 0.484 e. The van der Waals surface area contributed by atoms with E-state index in [1.807, 2.05) is 60.7 Å². The molecule has 3 rings (SSSR count). The van der Waals surface area contributed by atoms with E-state index in [9.17, 15) is 4.79 Å². The first kappa shape index (κ1) is 13.1. The maximum Gasteiger partial charge on any atom is 0.262 e. The van der Waals surface area contributed by atoms with E-state index in [0.29, 0.717) is 5.75 Å². The van der Waals surface area contributed by atoms with Crippen molar-refractivity contribution in [2.75, 3.05) is 11.9 Å². The van der Waals surface area contributed by atoms with Gasteiger partial charge < -0.3 is 10.1 Å². The Bertz CT molecular complexity index is 757. The molecule has 0 saturated heterocycles. The van der Waals surface area contributed by atoms with Gasteiger partial charge in [-0.2, -0.15) is 0 Å². The van der Waals surface area contributed by atoms with Gasteiger partial charge in [-0.25, -0.2) is 0 Å².